The molecule has 75 heavy (non-hydrogen) atoms. The second-order valence-electron chi connectivity index (χ2n) is 22.8. The number of esters is 1. The molecule has 2 unspecified atom stereocenters. The van der Waals surface area contributed by atoms with Gasteiger partial charge in [0.15, 0.2) is 0 Å². The Morgan fingerprint density at radius 2 is 0.667 bits per heavy atom. The van der Waals surface area contributed by atoms with E-state index in [1.165, 1.54) is 276 Å². The van der Waals surface area contributed by atoms with Gasteiger partial charge in [-0.3, -0.25) is 9.59 Å². The van der Waals surface area contributed by atoms with Crippen molar-refractivity contribution >= 4 is 11.9 Å². The van der Waals surface area contributed by atoms with E-state index in [4.69, 9.17) is 4.74 Å². The van der Waals surface area contributed by atoms with E-state index in [1.807, 2.05) is 6.08 Å². The topological polar surface area (TPSA) is 95.9 Å². The van der Waals surface area contributed by atoms with Gasteiger partial charge in [0.05, 0.1) is 25.4 Å². The van der Waals surface area contributed by atoms with Gasteiger partial charge in [-0.05, 0) is 89.9 Å². The minimum Gasteiger partial charge on any atom is -0.466 e. The van der Waals surface area contributed by atoms with Crippen LogP contribution in [0.5, 0.6) is 0 Å². The molecule has 0 saturated carbocycles. The highest BCUT2D eigenvalue weighted by molar-refractivity contribution is 5.76. The third-order valence-electron chi connectivity index (χ3n) is 15.3. The summed E-state index contributed by atoms with van der Waals surface area (Å²) >= 11 is 0. The Labute approximate surface area is 467 Å². The largest absolute Gasteiger partial charge is 0.466 e. The fraction of sp³-hybridized carbons (Fsp3) is 0.855. The van der Waals surface area contributed by atoms with Gasteiger partial charge in [-0.15, -0.1) is 0 Å². The third kappa shape index (κ3) is 60.9. The van der Waals surface area contributed by atoms with Crippen molar-refractivity contribution in [3.63, 3.8) is 0 Å². The van der Waals surface area contributed by atoms with Crippen molar-refractivity contribution < 1.29 is 24.5 Å². The molecule has 0 aromatic carbocycles. The maximum Gasteiger partial charge on any atom is 0.305 e. The average Bonchev–Trinajstić information content (AvgIpc) is 3.41. The molecule has 0 fully saturated rings. The van der Waals surface area contributed by atoms with Crippen LogP contribution in [0.3, 0.4) is 0 Å². The van der Waals surface area contributed by atoms with Crippen LogP contribution < -0.4 is 5.32 Å². The Hall–Kier alpha value is -2.18. The average molecular weight is 1050 g/mol. The molecule has 6 heteroatoms. The van der Waals surface area contributed by atoms with Gasteiger partial charge in [-0.2, -0.15) is 0 Å². The number of hydrogen-bond acceptors (Lipinski definition) is 5. The number of rotatable bonds is 62. The maximum atomic E-state index is 12.5. The summed E-state index contributed by atoms with van der Waals surface area (Å²) in [5, 5.41) is 23.2. The summed E-state index contributed by atoms with van der Waals surface area (Å²) in [5.41, 5.74) is 0. The number of aliphatic hydroxyl groups excluding tert-OH is 2. The third-order valence-corrected chi connectivity index (χ3v) is 15.3. The lowest BCUT2D eigenvalue weighted by Gasteiger charge is -2.20. The first-order chi connectivity index (χ1) is 37.0. The number of nitrogens with one attached hydrogen (secondary N) is 1. The summed E-state index contributed by atoms with van der Waals surface area (Å²) in [4.78, 5) is 24.5. The second-order valence-corrected chi connectivity index (χ2v) is 22.8. The molecule has 0 heterocycles. The number of ether oxygens (including phenoxy) is 1. The fourth-order valence-corrected chi connectivity index (χ4v) is 10.2. The van der Waals surface area contributed by atoms with Crippen LogP contribution in [0.4, 0.5) is 0 Å². The summed E-state index contributed by atoms with van der Waals surface area (Å²) < 4.78 is 5.47. The van der Waals surface area contributed by atoms with E-state index in [1.54, 1.807) is 6.08 Å². The zero-order valence-electron chi connectivity index (χ0n) is 50.3. The lowest BCUT2D eigenvalue weighted by atomic mass is 10.0. The van der Waals surface area contributed by atoms with Crippen LogP contribution in [0.2, 0.25) is 0 Å². The van der Waals surface area contributed by atoms with Crippen molar-refractivity contribution in [3.05, 3.63) is 48.6 Å². The molecule has 0 saturated heterocycles. The van der Waals surface area contributed by atoms with Crippen LogP contribution >= 0.6 is 0 Å². The molecular weight excluding hydrogens is 923 g/mol. The first-order valence-corrected chi connectivity index (χ1v) is 33.4. The van der Waals surface area contributed by atoms with E-state index in [2.05, 4.69) is 55.6 Å². The van der Waals surface area contributed by atoms with E-state index < -0.39 is 12.1 Å². The molecule has 6 nitrogen and oxygen atoms in total. The van der Waals surface area contributed by atoms with E-state index >= 15 is 0 Å². The number of aliphatic hydroxyl groups is 2. The molecule has 1 amide bonds. The monoisotopic (exact) mass is 1050 g/mol. The molecule has 0 bridgehead atoms. The number of unbranched alkanes of at least 4 members (excludes halogenated alkanes) is 45. The number of hydrogen-bond donors (Lipinski definition) is 3. The van der Waals surface area contributed by atoms with Crippen molar-refractivity contribution in [2.75, 3.05) is 13.2 Å². The summed E-state index contributed by atoms with van der Waals surface area (Å²) in [7, 11) is 0. The highest BCUT2D eigenvalue weighted by Gasteiger charge is 2.18. The standard InChI is InChI=1S/C69H129NO5/c1-3-5-7-9-11-13-15-17-18-19-31-34-38-41-45-49-53-57-61-67(72)66(65-71)70-68(73)62-58-54-50-46-42-39-35-32-29-27-25-23-21-20-22-24-26-28-30-33-36-40-44-48-52-56-60-64-75-69(74)63-59-55-51-47-43-37-16-14-12-10-8-6-4-2/h14,16,20-21,24,26,57,61,66-67,71-72H,3-13,15,17-19,22-23,25,27-56,58-60,62-65H2,1-2H3,(H,70,73)/b16-14-,21-20-,26-24-,61-57+. The summed E-state index contributed by atoms with van der Waals surface area (Å²) in [6, 6.07) is -0.631. The predicted molar refractivity (Wildman–Crippen MR) is 329 cm³/mol. The van der Waals surface area contributed by atoms with Gasteiger partial charge in [-0.25, -0.2) is 0 Å². The Morgan fingerprint density at radius 3 is 1.04 bits per heavy atom. The van der Waals surface area contributed by atoms with Crippen LogP contribution in [0.15, 0.2) is 48.6 Å². The highest BCUT2D eigenvalue weighted by atomic mass is 16.5. The van der Waals surface area contributed by atoms with Crippen molar-refractivity contribution in [1.82, 2.24) is 5.32 Å². The van der Waals surface area contributed by atoms with Crippen molar-refractivity contribution in [3.8, 4) is 0 Å². The normalized spacial score (nSPS) is 12.9. The van der Waals surface area contributed by atoms with E-state index in [0.29, 0.717) is 19.4 Å². The van der Waals surface area contributed by atoms with E-state index in [9.17, 15) is 19.8 Å². The molecule has 0 aromatic rings. The number of carbonyl (C=O) groups is 2. The van der Waals surface area contributed by atoms with Gasteiger partial charge in [0.25, 0.3) is 0 Å². The van der Waals surface area contributed by atoms with Gasteiger partial charge in [0, 0.05) is 12.8 Å². The minimum absolute atomic E-state index is 0.000872. The van der Waals surface area contributed by atoms with Crippen LogP contribution in [0.1, 0.15) is 354 Å². The van der Waals surface area contributed by atoms with Crippen molar-refractivity contribution in [2.24, 2.45) is 0 Å². The number of carbonyl (C=O) groups excluding carboxylic acids is 2. The van der Waals surface area contributed by atoms with Gasteiger partial charge in [0.1, 0.15) is 0 Å². The van der Waals surface area contributed by atoms with Crippen molar-refractivity contribution in [2.45, 2.75) is 366 Å². The van der Waals surface area contributed by atoms with Crippen LogP contribution in [0.25, 0.3) is 0 Å². The van der Waals surface area contributed by atoms with E-state index in [0.717, 1.165) is 51.4 Å². The van der Waals surface area contributed by atoms with Crippen molar-refractivity contribution in [1.29, 1.82) is 0 Å². The molecule has 0 aliphatic rings. The Kier molecular flexibility index (Phi) is 62.5. The van der Waals surface area contributed by atoms with Crippen LogP contribution in [0, 0.1) is 0 Å². The molecule has 0 rings (SSSR count). The lowest BCUT2D eigenvalue weighted by Crippen LogP contribution is -2.45. The molecule has 0 radical (unpaired) electrons. The Morgan fingerprint density at radius 1 is 0.373 bits per heavy atom. The SMILES string of the molecule is CCCCCC/C=C\CCCCCCCC(=O)OCCCCCCCCCCC/C=C\C/C=C\CCCCCCCCCCCCCC(=O)NC(CO)C(O)/C=C/CCCCCCCCCCCCCCCCCC. The number of allylic oxidation sites excluding steroid dienone is 7. The summed E-state index contributed by atoms with van der Waals surface area (Å²) in [6.45, 7) is 4.90. The first kappa shape index (κ1) is 72.8. The van der Waals surface area contributed by atoms with Gasteiger partial charge in [-0.1, -0.05) is 300 Å². The predicted octanol–water partition coefficient (Wildman–Crippen LogP) is 21.3. The summed E-state index contributed by atoms with van der Waals surface area (Å²) in [5.74, 6) is -0.0683. The molecular formula is C69H129NO5. The highest BCUT2D eigenvalue weighted by Crippen LogP contribution is 2.17. The molecule has 0 aliphatic heterocycles. The van der Waals surface area contributed by atoms with Crippen LogP contribution in [-0.2, 0) is 14.3 Å². The van der Waals surface area contributed by atoms with Crippen LogP contribution in [-0.4, -0.2) is 47.4 Å². The molecule has 2 atom stereocenters. The minimum atomic E-state index is -0.848. The van der Waals surface area contributed by atoms with Gasteiger partial charge < -0.3 is 20.3 Å². The van der Waals surface area contributed by atoms with E-state index in [-0.39, 0.29) is 18.5 Å². The van der Waals surface area contributed by atoms with Gasteiger partial charge in [0.2, 0.25) is 5.91 Å². The first-order valence-electron chi connectivity index (χ1n) is 33.4. The molecule has 440 valence electrons. The Balaban J connectivity index is 3.45. The zero-order chi connectivity index (χ0) is 54.3. The molecule has 0 aliphatic carbocycles. The smallest absolute Gasteiger partial charge is 0.305 e. The lowest BCUT2D eigenvalue weighted by molar-refractivity contribution is -0.143. The summed E-state index contributed by atoms with van der Waals surface area (Å²) in [6.07, 6.45) is 83.1. The molecule has 0 spiro atoms. The second kappa shape index (κ2) is 64.3. The number of amides is 1. The maximum absolute atomic E-state index is 12.5. The quantitative estimate of drug-likeness (QED) is 0.0320. The fourth-order valence-electron chi connectivity index (χ4n) is 10.2. The van der Waals surface area contributed by atoms with Gasteiger partial charge >= 0.3 is 5.97 Å². The molecule has 0 aromatic heterocycles. The Bertz CT molecular complexity index is 1260. The zero-order valence-corrected chi connectivity index (χ0v) is 50.3. The molecule has 3 N–H and O–H groups in total.